The van der Waals surface area contributed by atoms with E-state index in [1.165, 1.54) is 6.42 Å². The van der Waals surface area contributed by atoms with Crippen molar-refractivity contribution in [1.29, 1.82) is 0 Å². The van der Waals surface area contributed by atoms with Crippen molar-refractivity contribution in [2.45, 2.75) is 57.5 Å². The van der Waals surface area contributed by atoms with Crippen molar-refractivity contribution in [2.75, 3.05) is 44.5 Å². The fourth-order valence-corrected chi connectivity index (χ4v) is 5.06. The Morgan fingerprint density at radius 1 is 1.05 bits per heavy atom. The highest BCUT2D eigenvalue weighted by atomic mass is 16.5. The minimum absolute atomic E-state index is 0.0106. The van der Waals surface area contributed by atoms with E-state index in [0.29, 0.717) is 54.6 Å². The van der Waals surface area contributed by atoms with Crippen LogP contribution in [-0.4, -0.2) is 56.9 Å². The highest BCUT2D eigenvalue weighted by molar-refractivity contribution is 5.98. The average molecular weight is 526 g/mol. The Hall–Kier alpha value is -3.30. The van der Waals surface area contributed by atoms with Crippen molar-refractivity contribution in [3.8, 4) is 17.2 Å². The standard InChI is InChI=1S/C29H39N3O6/c1-36-25-10-8-19(14-27(25)37-2)12-13-30-17-22(33)18-38-26-16-21(15-24-23(26)9-11-28(34)32-24)31-29(35)20-6-4-3-5-7-20/h8,10,14-16,20,22,30,33H,3-7,9,11-13,17-18H2,1-2H3,(H,31,35)(H,32,34). The van der Waals surface area contributed by atoms with E-state index in [1.54, 1.807) is 26.4 Å². The minimum atomic E-state index is -0.727. The van der Waals surface area contributed by atoms with Crippen molar-refractivity contribution < 1.29 is 28.9 Å². The van der Waals surface area contributed by atoms with Gasteiger partial charge in [-0.25, -0.2) is 0 Å². The topological polar surface area (TPSA) is 118 Å². The molecule has 2 aromatic rings. The van der Waals surface area contributed by atoms with Crippen LogP contribution in [0.2, 0.25) is 0 Å². The molecule has 1 saturated carbocycles. The van der Waals surface area contributed by atoms with Crippen LogP contribution >= 0.6 is 0 Å². The number of methoxy groups -OCH3 is 2. The van der Waals surface area contributed by atoms with Gasteiger partial charge in [-0.2, -0.15) is 0 Å². The maximum absolute atomic E-state index is 12.8. The van der Waals surface area contributed by atoms with Gasteiger partial charge >= 0.3 is 0 Å². The third kappa shape index (κ3) is 7.39. The molecule has 0 bridgehead atoms. The molecule has 1 atom stereocenters. The molecule has 1 aliphatic heterocycles. The molecule has 0 spiro atoms. The molecular formula is C29H39N3O6. The highest BCUT2D eigenvalue weighted by Crippen LogP contribution is 2.36. The van der Waals surface area contributed by atoms with Gasteiger partial charge in [0.2, 0.25) is 11.8 Å². The number of aliphatic hydroxyl groups is 1. The quantitative estimate of drug-likeness (QED) is 0.312. The van der Waals surface area contributed by atoms with Crippen molar-refractivity contribution in [3.63, 3.8) is 0 Å². The number of ether oxygens (including phenoxy) is 3. The van der Waals surface area contributed by atoms with Gasteiger partial charge in [-0.15, -0.1) is 0 Å². The molecule has 9 heteroatoms. The van der Waals surface area contributed by atoms with Gasteiger partial charge in [-0.1, -0.05) is 25.3 Å². The lowest BCUT2D eigenvalue weighted by Gasteiger charge is -2.24. The summed E-state index contributed by atoms with van der Waals surface area (Å²) >= 11 is 0. The second-order valence-electron chi connectivity index (χ2n) is 9.98. The summed E-state index contributed by atoms with van der Waals surface area (Å²) in [5.74, 6) is 1.93. The lowest BCUT2D eigenvalue weighted by atomic mass is 9.88. The molecule has 2 amide bonds. The zero-order chi connectivity index (χ0) is 26.9. The van der Waals surface area contributed by atoms with Crippen molar-refractivity contribution in [2.24, 2.45) is 5.92 Å². The summed E-state index contributed by atoms with van der Waals surface area (Å²) < 4.78 is 16.6. The zero-order valence-electron chi connectivity index (χ0n) is 22.3. The molecule has 0 radical (unpaired) electrons. The summed E-state index contributed by atoms with van der Waals surface area (Å²) in [4.78, 5) is 24.8. The monoisotopic (exact) mass is 525 g/mol. The molecule has 1 aliphatic carbocycles. The normalized spacial score (nSPS) is 16.2. The van der Waals surface area contributed by atoms with Gasteiger partial charge in [0.05, 0.1) is 14.2 Å². The van der Waals surface area contributed by atoms with Gasteiger partial charge < -0.3 is 35.3 Å². The van der Waals surface area contributed by atoms with Gasteiger partial charge in [0.1, 0.15) is 18.5 Å². The number of rotatable bonds is 12. The third-order valence-corrected chi connectivity index (χ3v) is 7.18. The van der Waals surface area contributed by atoms with E-state index in [0.717, 1.165) is 43.2 Å². The van der Waals surface area contributed by atoms with E-state index < -0.39 is 6.10 Å². The van der Waals surface area contributed by atoms with Crippen molar-refractivity contribution in [3.05, 3.63) is 41.5 Å². The molecule has 9 nitrogen and oxygen atoms in total. The molecule has 1 unspecified atom stereocenters. The number of carbonyl (C=O) groups excluding carboxylic acids is 2. The molecule has 206 valence electrons. The fourth-order valence-electron chi connectivity index (χ4n) is 5.06. The predicted molar refractivity (Wildman–Crippen MR) is 146 cm³/mol. The number of hydrogen-bond acceptors (Lipinski definition) is 7. The van der Waals surface area contributed by atoms with Gasteiger partial charge in [-0.3, -0.25) is 9.59 Å². The molecule has 0 saturated heterocycles. The molecule has 2 aromatic carbocycles. The van der Waals surface area contributed by atoms with E-state index in [1.807, 2.05) is 18.2 Å². The number of fused-ring (bicyclic) bond motifs is 1. The van der Waals surface area contributed by atoms with Crippen molar-refractivity contribution >= 4 is 23.2 Å². The van der Waals surface area contributed by atoms with E-state index in [-0.39, 0.29) is 24.3 Å². The Morgan fingerprint density at radius 3 is 2.61 bits per heavy atom. The summed E-state index contributed by atoms with van der Waals surface area (Å²) in [6.07, 6.45) is 6.10. The van der Waals surface area contributed by atoms with Crippen LogP contribution in [0.4, 0.5) is 11.4 Å². The van der Waals surface area contributed by atoms with Gasteiger partial charge in [0.25, 0.3) is 0 Å². The van der Waals surface area contributed by atoms with Gasteiger partial charge in [0.15, 0.2) is 11.5 Å². The summed E-state index contributed by atoms with van der Waals surface area (Å²) in [5, 5.41) is 19.7. The summed E-state index contributed by atoms with van der Waals surface area (Å²) in [5.41, 5.74) is 3.23. The zero-order valence-corrected chi connectivity index (χ0v) is 22.3. The van der Waals surface area contributed by atoms with Crippen LogP contribution < -0.4 is 30.2 Å². The molecule has 1 fully saturated rings. The Kier molecular flexibility index (Phi) is 9.84. The average Bonchev–Trinajstić information content (AvgIpc) is 2.94. The van der Waals surface area contributed by atoms with E-state index in [4.69, 9.17) is 14.2 Å². The fraction of sp³-hybridized carbons (Fsp3) is 0.517. The first-order valence-electron chi connectivity index (χ1n) is 13.5. The maximum Gasteiger partial charge on any atom is 0.227 e. The number of hydrogen-bond donors (Lipinski definition) is 4. The second-order valence-corrected chi connectivity index (χ2v) is 9.98. The first-order valence-corrected chi connectivity index (χ1v) is 13.5. The smallest absolute Gasteiger partial charge is 0.227 e. The second kappa shape index (κ2) is 13.5. The summed E-state index contributed by atoms with van der Waals surface area (Å²) in [6.45, 7) is 1.13. The molecule has 4 N–H and O–H groups in total. The van der Waals surface area contributed by atoms with Gasteiger partial charge in [-0.05, 0) is 56.0 Å². The largest absolute Gasteiger partial charge is 0.493 e. The molecule has 38 heavy (non-hydrogen) atoms. The number of amides is 2. The first kappa shape index (κ1) is 27.7. The summed E-state index contributed by atoms with van der Waals surface area (Å²) in [7, 11) is 3.22. The molecule has 0 aromatic heterocycles. The molecular weight excluding hydrogens is 486 g/mol. The predicted octanol–water partition coefficient (Wildman–Crippen LogP) is 3.68. The molecule has 2 aliphatic rings. The Morgan fingerprint density at radius 2 is 1.84 bits per heavy atom. The lowest BCUT2D eigenvalue weighted by Crippen LogP contribution is -2.33. The van der Waals surface area contributed by atoms with Crippen molar-refractivity contribution in [1.82, 2.24) is 5.32 Å². The van der Waals surface area contributed by atoms with Crippen LogP contribution in [0.25, 0.3) is 0 Å². The number of nitrogens with one attached hydrogen (secondary N) is 3. The Labute approximate surface area is 224 Å². The Bertz CT molecular complexity index is 1120. The van der Waals surface area contributed by atoms with E-state index >= 15 is 0 Å². The van der Waals surface area contributed by atoms with Crippen LogP contribution in [0.15, 0.2) is 30.3 Å². The number of aliphatic hydroxyl groups excluding tert-OH is 1. The van der Waals surface area contributed by atoms with Crippen LogP contribution in [0.5, 0.6) is 17.2 Å². The Balaban J connectivity index is 1.31. The lowest BCUT2D eigenvalue weighted by molar-refractivity contribution is -0.120. The first-order chi connectivity index (χ1) is 18.5. The number of anilines is 2. The SMILES string of the molecule is COc1ccc(CCNCC(O)COc2cc(NC(=O)C3CCCCC3)cc3c2CCC(=O)N3)cc1OC. The third-order valence-electron chi connectivity index (χ3n) is 7.18. The maximum atomic E-state index is 12.8. The highest BCUT2D eigenvalue weighted by Gasteiger charge is 2.24. The molecule has 1 heterocycles. The minimum Gasteiger partial charge on any atom is -0.493 e. The van der Waals surface area contributed by atoms with Crippen LogP contribution in [-0.2, 0) is 22.4 Å². The molecule has 4 rings (SSSR count). The van der Waals surface area contributed by atoms with Crippen LogP contribution in [0.1, 0.15) is 49.7 Å². The number of benzene rings is 2. The number of carbonyl (C=O) groups is 2. The van der Waals surface area contributed by atoms with Gasteiger partial charge in [0, 0.05) is 41.9 Å². The van der Waals surface area contributed by atoms with Crippen LogP contribution in [0.3, 0.4) is 0 Å². The van der Waals surface area contributed by atoms with E-state index in [9.17, 15) is 14.7 Å². The van der Waals surface area contributed by atoms with E-state index in [2.05, 4.69) is 16.0 Å². The summed E-state index contributed by atoms with van der Waals surface area (Å²) in [6, 6.07) is 9.42. The van der Waals surface area contributed by atoms with Crippen LogP contribution in [0, 0.1) is 5.92 Å².